The Bertz CT molecular complexity index is 772. The van der Waals surface area contributed by atoms with E-state index in [0.29, 0.717) is 0 Å². The van der Waals surface area contributed by atoms with Gasteiger partial charge in [-0.25, -0.2) is 0 Å². The second-order valence-corrected chi connectivity index (χ2v) is 4.83. The second-order valence-electron chi connectivity index (χ2n) is 4.83. The molecule has 108 valence electrons. The number of hydrogen-bond donors (Lipinski definition) is 1. The number of halogens is 3. The van der Waals surface area contributed by atoms with Crippen molar-refractivity contribution < 1.29 is 17.9 Å². The number of aryl methyl sites for hydroxylation is 1. The molecule has 1 aromatic heterocycles. The van der Waals surface area contributed by atoms with Crippen LogP contribution in [-0.4, -0.2) is 11.3 Å². The average Bonchev–Trinajstić information content (AvgIpc) is 2.76. The van der Waals surface area contributed by atoms with Crippen LogP contribution in [0.25, 0.3) is 22.0 Å². The predicted octanol–water partition coefficient (Wildman–Crippen LogP) is 5.04. The van der Waals surface area contributed by atoms with Gasteiger partial charge in [0.25, 0.3) is 0 Å². The van der Waals surface area contributed by atoms with Crippen LogP contribution < -0.4 is 4.74 Å². The van der Waals surface area contributed by atoms with Crippen molar-refractivity contribution in [2.75, 3.05) is 0 Å². The highest BCUT2D eigenvalue weighted by Crippen LogP contribution is 2.28. The summed E-state index contributed by atoms with van der Waals surface area (Å²) in [4.78, 5) is 3.24. The van der Waals surface area contributed by atoms with Crippen LogP contribution in [0.5, 0.6) is 5.75 Å². The largest absolute Gasteiger partial charge is 0.573 e. The first-order valence-electron chi connectivity index (χ1n) is 6.36. The fourth-order valence-electron chi connectivity index (χ4n) is 2.30. The number of nitrogens with one attached hydrogen (secondary N) is 1. The lowest BCUT2D eigenvalue weighted by Crippen LogP contribution is -2.16. The molecule has 1 heterocycles. The quantitative estimate of drug-likeness (QED) is 0.702. The zero-order valence-corrected chi connectivity index (χ0v) is 11.2. The van der Waals surface area contributed by atoms with E-state index in [2.05, 4.69) is 9.72 Å². The van der Waals surface area contributed by atoms with Gasteiger partial charge in [0.15, 0.2) is 0 Å². The van der Waals surface area contributed by atoms with Crippen LogP contribution in [0, 0.1) is 6.92 Å². The van der Waals surface area contributed by atoms with Crippen LogP contribution in [-0.2, 0) is 0 Å². The topological polar surface area (TPSA) is 25.0 Å². The number of alkyl halides is 3. The summed E-state index contributed by atoms with van der Waals surface area (Å²) in [6, 6.07) is 13.8. The molecule has 0 spiro atoms. The Morgan fingerprint density at radius 3 is 2.24 bits per heavy atom. The normalized spacial score (nSPS) is 11.8. The Morgan fingerprint density at radius 1 is 0.905 bits per heavy atom. The van der Waals surface area contributed by atoms with Gasteiger partial charge in [-0.15, -0.1) is 13.2 Å². The number of fused-ring (bicyclic) bond motifs is 1. The highest BCUT2D eigenvalue weighted by Gasteiger charge is 2.30. The lowest BCUT2D eigenvalue weighted by atomic mass is 10.0. The van der Waals surface area contributed by atoms with E-state index < -0.39 is 6.36 Å². The summed E-state index contributed by atoms with van der Waals surface area (Å²) in [5.41, 5.74) is 3.83. The Hall–Kier alpha value is -2.43. The first-order valence-corrected chi connectivity index (χ1v) is 6.36. The van der Waals surface area contributed by atoms with E-state index in [0.717, 1.165) is 27.7 Å². The zero-order valence-electron chi connectivity index (χ0n) is 11.2. The van der Waals surface area contributed by atoms with Crippen LogP contribution in [0.2, 0.25) is 0 Å². The van der Waals surface area contributed by atoms with Gasteiger partial charge in [-0.3, -0.25) is 0 Å². The summed E-state index contributed by atoms with van der Waals surface area (Å²) in [6.45, 7) is 1.98. The Labute approximate surface area is 119 Å². The number of rotatable bonds is 2. The molecule has 21 heavy (non-hydrogen) atoms. The van der Waals surface area contributed by atoms with E-state index in [1.807, 2.05) is 31.2 Å². The minimum Gasteiger partial charge on any atom is -0.406 e. The van der Waals surface area contributed by atoms with E-state index in [9.17, 15) is 13.2 Å². The zero-order chi connectivity index (χ0) is 15.0. The van der Waals surface area contributed by atoms with E-state index in [1.165, 1.54) is 12.1 Å². The summed E-state index contributed by atoms with van der Waals surface area (Å²) < 4.78 is 40.2. The van der Waals surface area contributed by atoms with Crippen molar-refractivity contribution in [2.24, 2.45) is 0 Å². The minimum atomic E-state index is -4.66. The number of aromatic amines is 1. The first kappa shape index (κ1) is 13.5. The standard InChI is InChI=1S/C16H12F3NO/c1-10-8-13-3-2-12(9-15(13)20-10)11-4-6-14(7-5-11)21-16(17,18)19/h2-9,20H,1H3. The summed E-state index contributed by atoms with van der Waals surface area (Å²) >= 11 is 0. The first-order chi connectivity index (χ1) is 9.90. The highest BCUT2D eigenvalue weighted by molar-refractivity contribution is 5.85. The van der Waals surface area contributed by atoms with Crippen LogP contribution >= 0.6 is 0 Å². The molecule has 0 fully saturated rings. The molecule has 0 aliphatic heterocycles. The van der Waals surface area contributed by atoms with E-state index >= 15 is 0 Å². The van der Waals surface area contributed by atoms with Gasteiger partial charge in [-0.1, -0.05) is 24.3 Å². The molecule has 0 aliphatic rings. The van der Waals surface area contributed by atoms with E-state index in [-0.39, 0.29) is 5.75 Å². The SMILES string of the molecule is Cc1cc2ccc(-c3ccc(OC(F)(F)F)cc3)cc2[nH]1. The van der Waals surface area contributed by atoms with Crippen molar-refractivity contribution in [3.8, 4) is 16.9 Å². The Morgan fingerprint density at radius 2 is 1.57 bits per heavy atom. The molecule has 0 saturated carbocycles. The third-order valence-corrected chi connectivity index (χ3v) is 3.18. The number of benzene rings is 2. The molecule has 0 bridgehead atoms. The van der Waals surface area contributed by atoms with Crippen molar-refractivity contribution in [1.82, 2.24) is 4.98 Å². The lowest BCUT2D eigenvalue weighted by molar-refractivity contribution is -0.274. The molecule has 1 N–H and O–H groups in total. The number of hydrogen-bond acceptors (Lipinski definition) is 1. The molecule has 0 radical (unpaired) electrons. The molecule has 0 amide bonds. The second kappa shape index (κ2) is 4.84. The summed E-state index contributed by atoms with van der Waals surface area (Å²) in [6.07, 6.45) is -4.66. The number of ether oxygens (including phenoxy) is 1. The third kappa shape index (κ3) is 3.02. The molecule has 5 heteroatoms. The lowest BCUT2D eigenvalue weighted by Gasteiger charge is -2.09. The molecule has 0 aliphatic carbocycles. The van der Waals surface area contributed by atoms with Crippen LogP contribution in [0.3, 0.4) is 0 Å². The molecule has 3 aromatic rings. The smallest absolute Gasteiger partial charge is 0.406 e. The van der Waals surface area contributed by atoms with Crippen molar-refractivity contribution in [3.63, 3.8) is 0 Å². The Balaban J connectivity index is 1.91. The van der Waals surface area contributed by atoms with Crippen LogP contribution in [0.4, 0.5) is 13.2 Å². The number of aromatic nitrogens is 1. The fraction of sp³-hybridized carbons (Fsp3) is 0.125. The maximum Gasteiger partial charge on any atom is 0.573 e. The van der Waals surface area contributed by atoms with Crippen molar-refractivity contribution >= 4 is 10.9 Å². The van der Waals surface area contributed by atoms with Gasteiger partial charge in [0, 0.05) is 11.2 Å². The summed E-state index contributed by atoms with van der Waals surface area (Å²) in [5, 5.41) is 1.10. The molecule has 0 atom stereocenters. The van der Waals surface area contributed by atoms with Crippen molar-refractivity contribution in [3.05, 3.63) is 54.2 Å². The van der Waals surface area contributed by atoms with Gasteiger partial charge >= 0.3 is 6.36 Å². The average molecular weight is 291 g/mol. The highest BCUT2D eigenvalue weighted by atomic mass is 19.4. The van der Waals surface area contributed by atoms with Crippen LogP contribution in [0.15, 0.2) is 48.5 Å². The van der Waals surface area contributed by atoms with Gasteiger partial charge < -0.3 is 9.72 Å². The minimum absolute atomic E-state index is 0.219. The van der Waals surface area contributed by atoms with Crippen LogP contribution in [0.1, 0.15) is 5.69 Å². The van der Waals surface area contributed by atoms with Gasteiger partial charge in [0.2, 0.25) is 0 Å². The summed E-state index contributed by atoms with van der Waals surface area (Å²) in [5.74, 6) is -0.219. The van der Waals surface area contributed by atoms with Gasteiger partial charge in [0.05, 0.1) is 0 Å². The maximum absolute atomic E-state index is 12.1. The van der Waals surface area contributed by atoms with E-state index in [1.54, 1.807) is 12.1 Å². The predicted molar refractivity (Wildman–Crippen MR) is 75.2 cm³/mol. The van der Waals surface area contributed by atoms with Crippen molar-refractivity contribution in [2.45, 2.75) is 13.3 Å². The van der Waals surface area contributed by atoms with E-state index in [4.69, 9.17) is 0 Å². The monoisotopic (exact) mass is 291 g/mol. The molecule has 2 nitrogen and oxygen atoms in total. The summed E-state index contributed by atoms with van der Waals surface area (Å²) in [7, 11) is 0. The fourth-order valence-corrected chi connectivity index (χ4v) is 2.30. The molecule has 0 unspecified atom stereocenters. The molecule has 2 aromatic carbocycles. The van der Waals surface area contributed by atoms with Gasteiger partial charge in [0.1, 0.15) is 5.75 Å². The molecule has 0 saturated heterocycles. The molecule has 3 rings (SSSR count). The van der Waals surface area contributed by atoms with Crippen molar-refractivity contribution in [1.29, 1.82) is 0 Å². The maximum atomic E-state index is 12.1. The molecular weight excluding hydrogens is 279 g/mol. The van der Waals surface area contributed by atoms with Gasteiger partial charge in [-0.2, -0.15) is 0 Å². The third-order valence-electron chi connectivity index (χ3n) is 3.18. The number of H-pyrrole nitrogens is 1. The Kier molecular flexibility index (Phi) is 3.12. The molecular formula is C16H12F3NO. The van der Waals surface area contributed by atoms with Gasteiger partial charge in [-0.05, 0) is 47.7 Å².